The van der Waals surface area contributed by atoms with E-state index < -0.39 is 0 Å². The zero-order valence-electron chi connectivity index (χ0n) is 16.4. The van der Waals surface area contributed by atoms with Gasteiger partial charge in [0, 0.05) is 21.8 Å². The first-order valence-corrected chi connectivity index (χ1v) is 9.98. The van der Waals surface area contributed by atoms with E-state index in [1.807, 2.05) is 19.9 Å². The third-order valence-corrected chi connectivity index (χ3v) is 5.19. The van der Waals surface area contributed by atoms with Crippen LogP contribution in [-0.4, -0.2) is 15.5 Å². The molecule has 0 saturated carbocycles. The van der Waals surface area contributed by atoms with E-state index in [1.165, 1.54) is 4.57 Å². The van der Waals surface area contributed by atoms with Crippen molar-refractivity contribution in [2.24, 2.45) is 0 Å². The van der Waals surface area contributed by atoms with E-state index in [1.54, 1.807) is 43.3 Å². The third-order valence-electron chi connectivity index (χ3n) is 4.63. The van der Waals surface area contributed by atoms with Gasteiger partial charge >= 0.3 is 0 Å². The molecule has 5 nitrogen and oxygen atoms in total. The molecule has 3 aromatic rings. The highest BCUT2D eigenvalue weighted by Crippen LogP contribution is 2.23. The van der Waals surface area contributed by atoms with E-state index >= 15 is 0 Å². The highest BCUT2D eigenvalue weighted by Gasteiger charge is 2.17. The average Bonchev–Trinajstić information content (AvgIpc) is 2.67. The lowest BCUT2D eigenvalue weighted by Crippen LogP contribution is -2.32. The number of aryl methyl sites for hydroxylation is 2. The highest BCUT2D eigenvalue weighted by molar-refractivity contribution is 6.33. The Morgan fingerprint density at radius 2 is 1.79 bits per heavy atom. The summed E-state index contributed by atoms with van der Waals surface area (Å²) in [6, 6.07) is 12.4. The van der Waals surface area contributed by atoms with Crippen LogP contribution in [0, 0.1) is 13.8 Å². The van der Waals surface area contributed by atoms with Gasteiger partial charge in [0.1, 0.15) is 12.4 Å². The summed E-state index contributed by atoms with van der Waals surface area (Å²) < 4.78 is 1.40. The SMILES string of the molecule is CCc1c(C)nc(-c2ccc(Cl)cc2)n(CC(=O)Nc2ccc(C)cc2Cl)c1=O. The molecule has 0 unspecified atom stereocenters. The summed E-state index contributed by atoms with van der Waals surface area (Å²) in [6.07, 6.45) is 0.532. The van der Waals surface area contributed by atoms with Crippen molar-refractivity contribution in [3.05, 3.63) is 79.7 Å². The van der Waals surface area contributed by atoms with Gasteiger partial charge in [-0.3, -0.25) is 14.2 Å². The molecule has 7 heteroatoms. The summed E-state index contributed by atoms with van der Waals surface area (Å²) in [4.78, 5) is 30.4. The van der Waals surface area contributed by atoms with Crippen LogP contribution in [-0.2, 0) is 17.8 Å². The smallest absolute Gasteiger partial charge is 0.257 e. The van der Waals surface area contributed by atoms with Gasteiger partial charge in [0.25, 0.3) is 5.56 Å². The molecule has 0 aliphatic carbocycles. The van der Waals surface area contributed by atoms with E-state index in [-0.39, 0.29) is 18.0 Å². The van der Waals surface area contributed by atoms with Crippen LogP contribution < -0.4 is 10.9 Å². The van der Waals surface area contributed by atoms with Gasteiger partial charge in [-0.1, -0.05) is 36.2 Å². The Morgan fingerprint density at radius 1 is 1.10 bits per heavy atom. The predicted molar refractivity (Wildman–Crippen MR) is 118 cm³/mol. The second-order valence-electron chi connectivity index (χ2n) is 6.78. The van der Waals surface area contributed by atoms with Crippen molar-refractivity contribution in [1.29, 1.82) is 0 Å². The first-order chi connectivity index (χ1) is 13.8. The lowest BCUT2D eigenvalue weighted by Gasteiger charge is -2.16. The Bertz CT molecular complexity index is 1120. The number of nitrogens with one attached hydrogen (secondary N) is 1. The fourth-order valence-corrected chi connectivity index (χ4v) is 3.54. The number of hydrogen-bond acceptors (Lipinski definition) is 3. The second-order valence-corrected chi connectivity index (χ2v) is 7.63. The summed E-state index contributed by atoms with van der Waals surface area (Å²) in [5, 5.41) is 3.80. The summed E-state index contributed by atoms with van der Waals surface area (Å²) in [7, 11) is 0. The molecule has 1 amide bonds. The Kier molecular flexibility index (Phi) is 6.40. The maximum Gasteiger partial charge on any atom is 0.257 e. The maximum atomic E-state index is 13.1. The van der Waals surface area contributed by atoms with Gasteiger partial charge in [0.05, 0.1) is 10.7 Å². The molecule has 1 heterocycles. The average molecular weight is 430 g/mol. The third kappa shape index (κ3) is 4.69. The van der Waals surface area contributed by atoms with Crippen molar-refractivity contribution in [1.82, 2.24) is 9.55 Å². The number of benzene rings is 2. The fourth-order valence-electron chi connectivity index (χ4n) is 3.13. The normalized spacial score (nSPS) is 10.8. The van der Waals surface area contributed by atoms with Gasteiger partial charge in [-0.05, 0) is 62.2 Å². The zero-order chi connectivity index (χ0) is 21.1. The fraction of sp³-hybridized carbons (Fsp3) is 0.227. The van der Waals surface area contributed by atoms with Crippen LogP contribution in [0.1, 0.15) is 23.7 Å². The number of nitrogens with zero attached hydrogens (tertiary/aromatic N) is 2. The quantitative estimate of drug-likeness (QED) is 0.617. The molecule has 0 fully saturated rings. The van der Waals surface area contributed by atoms with Gasteiger partial charge in [-0.25, -0.2) is 4.98 Å². The molecule has 1 N–H and O–H groups in total. The van der Waals surface area contributed by atoms with Crippen molar-refractivity contribution >= 4 is 34.8 Å². The van der Waals surface area contributed by atoms with Crippen molar-refractivity contribution in [2.45, 2.75) is 33.7 Å². The largest absolute Gasteiger partial charge is 0.323 e. The lowest BCUT2D eigenvalue weighted by atomic mass is 10.1. The van der Waals surface area contributed by atoms with Crippen molar-refractivity contribution in [3.63, 3.8) is 0 Å². The molecule has 29 heavy (non-hydrogen) atoms. The first kappa shape index (κ1) is 21.1. The molecule has 0 radical (unpaired) electrons. The number of carbonyl (C=O) groups is 1. The Morgan fingerprint density at radius 3 is 2.41 bits per heavy atom. The monoisotopic (exact) mass is 429 g/mol. The first-order valence-electron chi connectivity index (χ1n) is 9.22. The van der Waals surface area contributed by atoms with Gasteiger partial charge in [0.15, 0.2) is 0 Å². The van der Waals surface area contributed by atoms with Crippen LogP contribution in [0.2, 0.25) is 10.0 Å². The molecule has 2 aromatic carbocycles. The van der Waals surface area contributed by atoms with E-state index in [4.69, 9.17) is 23.2 Å². The molecular weight excluding hydrogens is 409 g/mol. The number of carbonyl (C=O) groups excluding carboxylic acids is 1. The van der Waals surface area contributed by atoms with E-state index in [0.29, 0.717) is 44.8 Å². The molecule has 0 aliphatic rings. The molecular formula is C22H21Cl2N3O2. The van der Waals surface area contributed by atoms with Crippen LogP contribution >= 0.6 is 23.2 Å². The van der Waals surface area contributed by atoms with Gasteiger partial charge in [-0.15, -0.1) is 0 Å². The van der Waals surface area contributed by atoms with Gasteiger partial charge < -0.3 is 5.32 Å². The van der Waals surface area contributed by atoms with E-state index in [2.05, 4.69) is 10.3 Å². The number of rotatable bonds is 5. The summed E-state index contributed by atoms with van der Waals surface area (Å²) in [6.45, 7) is 5.43. The van der Waals surface area contributed by atoms with Gasteiger partial charge in [0.2, 0.25) is 5.91 Å². The van der Waals surface area contributed by atoms with Gasteiger partial charge in [-0.2, -0.15) is 0 Å². The minimum Gasteiger partial charge on any atom is -0.323 e. The van der Waals surface area contributed by atoms with Crippen molar-refractivity contribution < 1.29 is 4.79 Å². The molecule has 3 rings (SSSR count). The van der Waals surface area contributed by atoms with Crippen molar-refractivity contribution in [3.8, 4) is 11.4 Å². The van der Waals surface area contributed by atoms with E-state index in [0.717, 1.165) is 5.56 Å². The molecule has 0 saturated heterocycles. The summed E-state index contributed by atoms with van der Waals surface area (Å²) >= 11 is 12.2. The number of anilines is 1. The molecule has 1 aromatic heterocycles. The standard InChI is InChI=1S/C22H21Cl2N3O2/c1-4-17-14(3)25-21(15-6-8-16(23)9-7-15)27(22(17)29)12-20(28)26-19-10-5-13(2)11-18(19)24/h5-11H,4,12H2,1-3H3,(H,26,28). The summed E-state index contributed by atoms with van der Waals surface area (Å²) in [5.41, 5.74) is 3.21. The molecule has 150 valence electrons. The topological polar surface area (TPSA) is 64.0 Å². The lowest BCUT2D eigenvalue weighted by molar-refractivity contribution is -0.116. The Hall–Kier alpha value is -2.63. The minimum absolute atomic E-state index is 0.179. The van der Waals surface area contributed by atoms with Crippen molar-refractivity contribution in [2.75, 3.05) is 5.32 Å². The van der Waals surface area contributed by atoms with Crippen LogP contribution in [0.5, 0.6) is 0 Å². The highest BCUT2D eigenvalue weighted by atomic mass is 35.5. The Labute approximate surface area is 179 Å². The molecule has 0 aliphatic heterocycles. The van der Waals surface area contributed by atoms with Crippen LogP contribution in [0.3, 0.4) is 0 Å². The second kappa shape index (κ2) is 8.80. The van der Waals surface area contributed by atoms with Crippen LogP contribution in [0.4, 0.5) is 5.69 Å². The zero-order valence-corrected chi connectivity index (χ0v) is 17.9. The molecule has 0 atom stereocenters. The number of amides is 1. The number of halogens is 2. The maximum absolute atomic E-state index is 13.1. The number of aromatic nitrogens is 2. The van der Waals surface area contributed by atoms with Crippen LogP contribution in [0.15, 0.2) is 47.3 Å². The molecule has 0 bridgehead atoms. The number of hydrogen-bond donors (Lipinski definition) is 1. The predicted octanol–water partition coefficient (Wildman–Crippen LogP) is 5.04. The Balaban J connectivity index is 2.01. The van der Waals surface area contributed by atoms with E-state index in [9.17, 15) is 9.59 Å². The molecule has 0 spiro atoms. The van der Waals surface area contributed by atoms with Crippen LogP contribution in [0.25, 0.3) is 11.4 Å². The summed E-state index contributed by atoms with van der Waals surface area (Å²) in [5.74, 6) is 0.0623. The minimum atomic E-state index is -0.360.